The number of rotatable bonds is 6. The second-order valence-electron chi connectivity index (χ2n) is 7.15. The molecule has 0 saturated heterocycles. The average Bonchev–Trinajstić information content (AvgIpc) is 3.23. The molecule has 7 nitrogen and oxygen atoms in total. The van der Waals surface area contributed by atoms with Crippen molar-refractivity contribution in [1.29, 1.82) is 0 Å². The lowest BCUT2D eigenvalue weighted by Gasteiger charge is -2.11. The molecule has 0 saturated carbocycles. The van der Waals surface area contributed by atoms with Gasteiger partial charge in [-0.25, -0.2) is 4.98 Å². The summed E-state index contributed by atoms with van der Waals surface area (Å²) in [5.41, 5.74) is 3.85. The summed E-state index contributed by atoms with van der Waals surface area (Å²) in [6.07, 6.45) is 7.13. The minimum Gasteiger partial charge on any atom is -0.475 e. The van der Waals surface area contributed by atoms with Gasteiger partial charge in [-0.1, -0.05) is 12.1 Å². The van der Waals surface area contributed by atoms with Crippen molar-refractivity contribution in [3.8, 4) is 17.0 Å². The number of nitrogens with zero attached hydrogens (tertiary/aromatic N) is 4. The number of hydrogen-bond donors (Lipinski definition) is 1. The van der Waals surface area contributed by atoms with Crippen LogP contribution in [0.5, 0.6) is 5.88 Å². The number of hydrogen-bond acceptors (Lipinski definition) is 5. The molecule has 0 radical (unpaired) electrons. The number of fused-ring (bicyclic) bond motifs is 1. The van der Waals surface area contributed by atoms with Crippen molar-refractivity contribution in [2.24, 2.45) is 0 Å². The summed E-state index contributed by atoms with van der Waals surface area (Å²) in [7, 11) is 0. The van der Waals surface area contributed by atoms with E-state index in [1.165, 1.54) is 6.20 Å². The van der Waals surface area contributed by atoms with Gasteiger partial charge < -0.3 is 10.1 Å². The van der Waals surface area contributed by atoms with Crippen molar-refractivity contribution in [3.63, 3.8) is 0 Å². The Bertz CT molecular complexity index is 1180. The molecule has 3 aromatic heterocycles. The van der Waals surface area contributed by atoms with Crippen LogP contribution in [0, 0.1) is 0 Å². The number of aromatic nitrogens is 4. The van der Waals surface area contributed by atoms with Crippen LogP contribution < -0.4 is 10.1 Å². The van der Waals surface area contributed by atoms with E-state index in [4.69, 9.17) is 4.74 Å². The third-order valence-electron chi connectivity index (χ3n) is 4.64. The van der Waals surface area contributed by atoms with E-state index >= 15 is 0 Å². The number of nitrogens with one attached hydrogen (secondary N) is 1. The lowest BCUT2D eigenvalue weighted by atomic mass is 10.0. The number of pyridine rings is 2. The Morgan fingerprint density at radius 2 is 2.00 bits per heavy atom. The van der Waals surface area contributed by atoms with Crippen molar-refractivity contribution in [3.05, 3.63) is 66.7 Å². The first-order chi connectivity index (χ1) is 14.5. The van der Waals surface area contributed by atoms with Gasteiger partial charge in [0.05, 0.1) is 29.1 Å². The Hall–Kier alpha value is -3.74. The Morgan fingerprint density at radius 3 is 2.70 bits per heavy atom. The van der Waals surface area contributed by atoms with Gasteiger partial charge in [0.1, 0.15) is 0 Å². The van der Waals surface area contributed by atoms with E-state index in [1.54, 1.807) is 18.3 Å². The molecule has 152 valence electrons. The fraction of sp³-hybridized carbons (Fsp3) is 0.217. The number of ether oxygens (including phenoxy) is 1. The van der Waals surface area contributed by atoms with E-state index in [-0.39, 0.29) is 12.0 Å². The molecule has 0 unspecified atom stereocenters. The second kappa shape index (κ2) is 8.32. The van der Waals surface area contributed by atoms with Crippen molar-refractivity contribution in [2.45, 2.75) is 33.4 Å². The second-order valence-corrected chi connectivity index (χ2v) is 7.15. The number of aryl methyl sites for hydroxylation is 1. The highest BCUT2D eigenvalue weighted by molar-refractivity contribution is 6.10. The van der Waals surface area contributed by atoms with Crippen LogP contribution in [0.3, 0.4) is 0 Å². The number of benzene rings is 1. The van der Waals surface area contributed by atoms with Crippen molar-refractivity contribution in [2.75, 3.05) is 5.32 Å². The summed E-state index contributed by atoms with van der Waals surface area (Å²) < 4.78 is 7.41. The van der Waals surface area contributed by atoms with Gasteiger partial charge in [0.15, 0.2) is 0 Å². The lowest BCUT2D eigenvalue weighted by molar-refractivity contribution is 0.102. The molecule has 0 atom stereocenters. The third kappa shape index (κ3) is 4.00. The Labute approximate surface area is 174 Å². The molecule has 0 spiro atoms. The van der Waals surface area contributed by atoms with Crippen LogP contribution in [-0.2, 0) is 6.54 Å². The molecule has 4 aromatic rings. The molecule has 0 aliphatic rings. The minimum absolute atomic E-state index is 0.0255. The maximum Gasteiger partial charge on any atom is 0.257 e. The van der Waals surface area contributed by atoms with Crippen LogP contribution in [0.2, 0.25) is 0 Å². The summed E-state index contributed by atoms with van der Waals surface area (Å²) in [4.78, 5) is 21.5. The molecule has 1 N–H and O–H groups in total. The van der Waals surface area contributed by atoms with Gasteiger partial charge in [-0.15, -0.1) is 0 Å². The van der Waals surface area contributed by atoms with Gasteiger partial charge in [-0.2, -0.15) is 5.10 Å². The fourth-order valence-corrected chi connectivity index (χ4v) is 3.22. The zero-order valence-corrected chi connectivity index (χ0v) is 17.2. The minimum atomic E-state index is -0.253. The SMILES string of the molecule is CCn1cc(-c2ccnc3c(NC(=O)c4ccc(OC(C)C)nc4)cccc23)cn1. The average molecular weight is 401 g/mol. The van der Waals surface area contributed by atoms with Crippen molar-refractivity contribution < 1.29 is 9.53 Å². The monoisotopic (exact) mass is 401 g/mol. The molecule has 0 aliphatic carbocycles. The number of carbonyl (C=O) groups is 1. The molecule has 30 heavy (non-hydrogen) atoms. The number of anilines is 1. The van der Waals surface area contributed by atoms with Gasteiger partial charge in [0.25, 0.3) is 5.91 Å². The van der Waals surface area contributed by atoms with Gasteiger partial charge in [-0.05, 0) is 44.5 Å². The van der Waals surface area contributed by atoms with Crippen molar-refractivity contribution >= 4 is 22.5 Å². The van der Waals surface area contributed by atoms with E-state index in [1.807, 2.05) is 62.1 Å². The van der Waals surface area contributed by atoms with E-state index in [9.17, 15) is 4.79 Å². The normalized spacial score (nSPS) is 11.1. The van der Waals surface area contributed by atoms with Crippen LogP contribution in [0.1, 0.15) is 31.1 Å². The van der Waals surface area contributed by atoms with Crippen molar-refractivity contribution in [1.82, 2.24) is 19.7 Å². The lowest BCUT2D eigenvalue weighted by Crippen LogP contribution is -2.13. The molecule has 0 bridgehead atoms. The fourth-order valence-electron chi connectivity index (χ4n) is 3.22. The maximum absolute atomic E-state index is 12.8. The summed E-state index contributed by atoms with van der Waals surface area (Å²) in [5.74, 6) is 0.239. The standard InChI is InChI=1S/C23H23N5O2/c1-4-28-14-17(13-26-28)18-10-11-24-22-19(18)6-5-7-20(22)27-23(29)16-8-9-21(25-12-16)30-15(2)3/h5-15H,4H2,1-3H3,(H,27,29). The Morgan fingerprint density at radius 1 is 1.13 bits per heavy atom. The van der Waals surface area contributed by atoms with E-state index < -0.39 is 0 Å². The van der Waals surface area contributed by atoms with E-state index in [2.05, 4.69) is 20.4 Å². The first-order valence-electron chi connectivity index (χ1n) is 9.89. The molecule has 1 amide bonds. The maximum atomic E-state index is 12.8. The van der Waals surface area contributed by atoms with Gasteiger partial charge in [0.2, 0.25) is 5.88 Å². The predicted octanol–water partition coefficient (Wildman–Crippen LogP) is 4.55. The quantitative estimate of drug-likeness (QED) is 0.512. The van der Waals surface area contributed by atoms with Gasteiger partial charge in [-0.3, -0.25) is 14.5 Å². The molecular weight excluding hydrogens is 378 g/mol. The first kappa shape index (κ1) is 19.6. The van der Waals surface area contributed by atoms with E-state index in [0.717, 1.165) is 28.6 Å². The first-order valence-corrected chi connectivity index (χ1v) is 9.89. The smallest absolute Gasteiger partial charge is 0.257 e. The highest BCUT2D eigenvalue weighted by atomic mass is 16.5. The van der Waals surface area contributed by atoms with Crippen LogP contribution in [0.25, 0.3) is 22.0 Å². The highest BCUT2D eigenvalue weighted by Crippen LogP contribution is 2.31. The Balaban J connectivity index is 1.63. The highest BCUT2D eigenvalue weighted by Gasteiger charge is 2.13. The molecular formula is C23H23N5O2. The molecule has 0 aliphatic heterocycles. The van der Waals surface area contributed by atoms with Gasteiger partial charge in [0, 0.05) is 42.2 Å². The van der Waals surface area contributed by atoms with Crippen LogP contribution in [0.15, 0.2) is 61.2 Å². The zero-order chi connectivity index (χ0) is 21.1. The summed E-state index contributed by atoms with van der Waals surface area (Å²) in [6, 6.07) is 11.1. The van der Waals surface area contributed by atoms with Gasteiger partial charge >= 0.3 is 0 Å². The molecule has 7 heteroatoms. The summed E-state index contributed by atoms with van der Waals surface area (Å²) in [5, 5.41) is 8.26. The summed E-state index contributed by atoms with van der Waals surface area (Å²) >= 11 is 0. The number of amides is 1. The van der Waals surface area contributed by atoms with E-state index in [0.29, 0.717) is 17.1 Å². The zero-order valence-electron chi connectivity index (χ0n) is 17.2. The Kier molecular flexibility index (Phi) is 5.43. The molecule has 4 rings (SSSR count). The molecule has 1 aromatic carbocycles. The number of para-hydroxylation sites is 1. The molecule has 3 heterocycles. The summed E-state index contributed by atoms with van der Waals surface area (Å²) in [6.45, 7) is 6.71. The molecule has 0 fully saturated rings. The van der Waals surface area contributed by atoms with Crippen LogP contribution in [-0.4, -0.2) is 31.8 Å². The number of carbonyl (C=O) groups excluding carboxylic acids is 1. The van der Waals surface area contributed by atoms with Crippen LogP contribution in [0.4, 0.5) is 5.69 Å². The predicted molar refractivity (Wildman–Crippen MR) is 117 cm³/mol. The third-order valence-corrected chi connectivity index (χ3v) is 4.64. The topological polar surface area (TPSA) is 81.9 Å². The van der Waals surface area contributed by atoms with Crippen LogP contribution >= 0.6 is 0 Å². The largest absolute Gasteiger partial charge is 0.475 e.